The van der Waals surface area contributed by atoms with Gasteiger partial charge in [0, 0.05) is 11.6 Å². The van der Waals surface area contributed by atoms with Gasteiger partial charge in [-0.1, -0.05) is 42.0 Å². The van der Waals surface area contributed by atoms with Crippen LogP contribution >= 0.6 is 0 Å². The smallest absolute Gasteiger partial charge is 0.0727 e. The molecule has 0 aliphatic carbocycles. The van der Waals surface area contributed by atoms with E-state index in [-0.39, 0.29) is 6.04 Å². The minimum Gasteiger partial charge on any atom is -0.271 e. The van der Waals surface area contributed by atoms with Crippen LogP contribution in [0.25, 0.3) is 10.9 Å². The van der Waals surface area contributed by atoms with Crippen LogP contribution in [-0.4, -0.2) is 4.98 Å². The lowest BCUT2D eigenvalue weighted by molar-refractivity contribution is 0.632. The van der Waals surface area contributed by atoms with Crippen LogP contribution in [0.15, 0.2) is 54.7 Å². The minimum atomic E-state index is -0.0537. The Kier molecular flexibility index (Phi) is 3.69. The van der Waals surface area contributed by atoms with Crippen LogP contribution in [0.5, 0.6) is 0 Å². The monoisotopic (exact) mass is 277 g/mol. The van der Waals surface area contributed by atoms with Crippen LogP contribution in [0.1, 0.15) is 28.3 Å². The van der Waals surface area contributed by atoms with Gasteiger partial charge in [-0.05, 0) is 42.7 Å². The van der Waals surface area contributed by atoms with E-state index in [0.717, 1.165) is 16.5 Å². The van der Waals surface area contributed by atoms with Crippen molar-refractivity contribution >= 4 is 10.9 Å². The predicted molar refractivity (Wildman–Crippen MR) is 86.8 cm³/mol. The summed E-state index contributed by atoms with van der Waals surface area (Å²) in [6.07, 6.45) is 1.90. The fourth-order valence-corrected chi connectivity index (χ4v) is 2.68. The van der Waals surface area contributed by atoms with Gasteiger partial charge in [-0.3, -0.25) is 10.8 Å². The van der Waals surface area contributed by atoms with E-state index in [2.05, 4.69) is 54.6 Å². The molecule has 1 heterocycles. The molecule has 1 aromatic heterocycles. The minimum absolute atomic E-state index is 0.0537. The van der Waals surface area contributed by atoms with E-state index < -0.39 is 0 Å². The Labute approximate surface area is 124 Å². The highest BCUT2D eigenvalue weighted by molar-refractivity contribution is 5.79. The molecule has 0 amide bonds. The Bertz CT molecular complexity index is 780. The quantitative estimate of drug-likeness (QED) is 0.570. The number of aromatic nitrogens is 1. The van der Waals surface area contributed by atoms with Crippen LogP contribution in [0, 0.1) is 13.8 Å². The molecule has 0 saturated heterocycles. The molecule has 2 aromatic carbocycles. The van der Waals surface area contributed by atoms with Crippen LogP contribution in [0.4, 0.5) is 0 Å². The third-order valence-corrected chi connectivity index (χ3v) is 3.86. The van der Waals surface area contributed by atoms with Crippen LogP contribution in [0.2, 0.25) is 0 Å². The fraction of sp³-hybridized carbons (Fsp3) is 0.167. The predicted octanol–water partition coefficient (Wildman–Crippen LogP) is 3.40. The van der Waals surface area contributed by atoms with Crippen molar-refractivity contribution in [3.05, 3.63) is 77.0 Å². The molecule has 0 aliphatic rings. The van der Waals surface area contributed by atoms with Crippen molar-refractivity contribution in [3.63, 3.8) is 0 Å². The maximum atomic E-state index is 5.82. The van der Waals surface area contributed by atoms with Gasteiger partial charge >= 0.3 is 0 Å². The number of fused-ring (bicyclic) bond motifs is 1. The molecule has 1 atom stereocenters. The van der Waals surface area contributed by atoms with E-state index in [1.807, 2.05) is 24.4 Å². The van der Waals surface area contributed by atoms with Gasteiger partial charge in [-0.25, -0.2) is 5.43 Å². The summed E-state index contributed by atoms with van der Waals surface area (Å²) in [7, 11) is 0. The molecule has 3 rings (SSSR count). The van der Waals surface area contributed by atoms with Crippen molar-refractivity contribution in [1.29, 1.82) is 0 Å². The summed E-state index contributed by atoms with van der Waals surface area (Å²) in [5, 5.41) is 1.13. The van der Waals surface area contributed by atoms with E-state index in [1.54, 1.807) is 0 Å². The maximum Gasteiger partial charge on any atom is 0.0727 e. The zero-order valence-electron chi connectivity index (χ0n) is 12.3. The highest BCUT2D eigenvalue weighted by Gasteiger charge is 2.15. The summed E-state index contributed by atoms with van der Waals surface area (Å²) in [4.78, 5) is 4.53. The summed E-state index contributed by atoms with van der Waals surface area (Å²) in [6.45, 7) is 4.20. The Morgan fingerprint density at radius 1 is 1.05 bits per heavy atom. The first-order valence-electron chi connectivity index (χ1n) is 7.07. The number of rotatable bonds is 3. The zero-order chi connectivity index (χ0) is 14.8. The first-order chi connectivity index (χ1) is 10.2. The number of benzene rings is 2. The number of hydrogen-bond donors (Lipinski definition) is 2. The van der Waals surface area contributed by atoms with Crippen molar-refractivity contribution in [2.45, 2.75) is 19.9 Å². The standard InChI is InChI=1S/C18H19N3/c1-12-7-8-13(2)16(9-12)18(21-19)15-10-14-5-3-4-6-17(14)20-11-15/h3-11,18,21H,19H2,1-2H3. The molecule has 0 bridgehead atoms. The average Bonchev–Trinajstić information content (AvgIpc) is 2.51. The molecule has 0 radical (unpaired) electrons. The Morgan fingerprint density at radius 3 is 2.67 bits per heavy atom. The number of nitrogens with two attached hydrogens (primary N) is 1. The van der Waals surface area contributed by atoms with Gasteiger partial charge in [-0.15, -0.1) is 0 Å². The molecule has 3 aromatic rings. The molecule has 21 heavy (non-hydrogen) atoms. The fourth-order valence-electron chi connectivity index (χ4n) is 2.68. The zero-order valence-corrected chi connectivity index (χ0v) is 12.3. The number of para-hydroxylation sites is 1. The van der Waals surface area contributed by atoms with E-state index in [1.165, 1.54) is 16.7 Å². The lowest BCUT2D eigenvalue weighted by Gasteiger charge is -2.19. The Balaban J connectivity index is 2.11. The van der Waals surface area contributed by atoms with E-state index in [4.69, 9.17) is 5.84 Å². The lowest BCUT2D eigenvalue weighted by Crippen LogP contribution is -2.29. The summed E-state index contributed by atoms with van der Waals surface area (Å²) in [5.41, 5.74) is 8.63. The van der Waals surface area contributed by atoms with Crippen molar-refractivity contribution in [2.75, 3.05) is 0 Å². The highest BCUT2D eigenvalue weighted by atomic mass is 15.2. The van der Waals surface area contributed by atoms with Gasteiger partial charge in [0.15, 0.2) is 0 Å². The molecule has 0 fully saturated rings. The molecule has 0 aliphatic heterocycles. The van der Waals surface area contributed by atoms with Crippen LogP contribution < -0.4 is 11.3 Å². The van der Waals surface area contributed by atoms with Gasteiger partial charge in [-0.2, -0.15) is 0 Å². The van der Waals surface area contributed by atoms with E-state index in [0.29, 0.717) is 0 Å². The van der Waals surface area contributed by atoms with E-state index in [9.17, 15) is 0 Å². The molecular formula is C18H19N3. The number of nitrogens with zero attached hydrogens (tertiary/aromatic N) is 1. The second kappa shape index (κ2) is 5.64. The maximum absolute atomic E-state index is 5.82. The normalized spacial score (nSPS) is 12.5. The molecule has 1 unspecified atom stereocenters. The Morgan fingerprint density at radius 2 is 1.86 bits per heavy atom. The number of aryl methyl sites for hydroxylation is 2. The van der Waals surface area contributed by atoms with Crippen LogP contribution in [-0.2, 0) is 0 Å². The first-order valence-corrected chi connectivity index (χ1v) is 7.07. The van der Waals surface area contributed by atoms with Gasteiger partial charge in [0.2, 0.25) is 0 Å². The van der Waals surface area contributed by atoms with Gasteiger partial charge in [0.05, 0.1) is 11.6 Å². The number of nitrogens with one attached hydrogen (secondary N) is 1. The summed E-state index contributed by atoms with van der Waals surface area (Å²) in [6, 6.07) is 16.6. The van der Waals surface area contributed by atoms with Crippen LogP contribution in [0.3, 0.4) is 0 Å². The van der Waals surface area contributed by atoms with Crippen molar-refractivity contribution in [3.8, 4) is 0 Å². The van der Waals surface area contributed by atoms with E-state index >= 15 is 0 Å². The van der Waals surface area contributed by atoms with Crippen molar-refractivity contribution in [2.24, 2.45) is 5.84 Å². The molecular weight excluding hydrogens is 258 g/mol. The number of pyridine rings is 1. The molecule has 3 heteroatoms. The summed E-state index contributed by atoms with van der Waals surface area (Å²) in [5.74, 6) is 5.82. The molecule has 0 spiro atoms. The third-order valence-electron chi connectivity index (χ3n) is 3.86. The Hall–Kier alpha value is -2.23. The SMILES string of the molecule is Cc1ccc(C)c(C(NN)c2cnc3ccccc3c2)c1. The second-order valence-corrected chi connectivity index (χ2v) is 5.42. The molecule has 106 valence electrons. The second-order valence-electron chi connectivity index (χ2n) is 5.42. The number of hydrazine groups is 1. The van der Waals surface area contributed by atoms with Crippen molar-refractivity contribution in [1.82, 2.24) is 10.4 Å². The third kappa shape index (κ3) is 2.66. The van der Waals surface area contributed by atoms with Gasteiger partial charge in [0.25, 0.3) is 0 Å². The van der Waals surface area contributed by atoms with Gasteiger partial charge < -0.3 is 0 Å². The van der Waals surface area contributed by atoms with Crippen molar-refractivity contribution < 1.29 is 0 Å². The van der Waals surface area contributed by atoms with Gasteiger partial charge in [0.1, 0.15) is 0 Å². The topological polar surface area (TPSA) is 50.9 Å². The highest BCUT2D eigenvalue weighted by Crippen LogP contribution is 2.26. The summed E-state index contributed by atoms with van der Waals surface area (Å²) >= 11 is 0. The lowest BCUT2D eigenvalue weighted by atomic mass is 9.94. The molecule has 0 saturated carbocycles. The molecule has 3 N–H and O–H groups in total. The largest absolute Gasteiger partial charge is 0.271 e. The average molecular weight is 277 g/mol. The molecule has 3 nitrogen and oxygen atoms in total. The first kappa shape index (κ1) is 13.7. The number of hydrogen-bond acceptors (Lipinski definition) is 3. The summed E-state index contributed by atoms with van der Waals surface area (Å²) < 4.78 is 0.